The minimum Gasteiger partial charge on any atom is -0.494 e. The van der Waals surface area contributed by atoms with Crippen LogP contribution in [0, 0.1) is 6.92 Å². The maximum atomic E-state index is 13.7. The first-order valence-corrected chi connectivity index (χ1v) is 14.1. The van der Waals surface area contributed by atoms with Gasteiger partial charge in [-0.05, 0) is 74.5 Å². The summed E-state index contributed by atoms with van der Waals surface area (Å²) < 4.78 is 33.9. The molecule has 0 heterocycles. The fourth-order valence-electron chi connectivity index (χ4n) is 3.62. The van der Waals surface area contributed by atoms with Gasteiger partial charge in [0.25, 0.3) is 10.0 Å². The number of carbonyl (C=O) groups excluding carboxylic acids is 1. The molecular weight excluding hydrogens is 504 g/mol. The van der Waals surface area contributed by atoms with Crippen molar-refractivity contribution in [1.29, 1.82) is 0 Å². The van der Waals surface area contributed by atoms with Crippen LogP contribution in [-0.4, -0.2) is 27.5 Å². The number of hydrogen-bond acceptors (Lipinski definition) is 5. The summed E-state index contributed by atoms with van der Waals surface area (Å²) in [6.45, 7) is 3.86. The highest BCUT2D eigenvalue weighted by Gasteiger charge is 2.27. The Hall–Kier alpha value is -3.75. The van der Waals surface area contributed by atoms with Crippen molar-refractivity contribution in [1.82, 2.24) is 0 Å². The fraction of sp³-hybridized carbons (Fsp3) is 0.138. The van der Waals surface area contributed by atoms with Gasteiger partial charge in [0.05, 0.1) is 22.9 Å². The minimum absolute atomic E-state index is 0.111. The average molecular weight is 533 g/mol. The van der Waals surface area contributed by atoms with E-state index in [1.54, 1.807) is 54.6 Å². The number of para-hydroxylation sites is 1. The standard InChI is InChI=1S/C29H28N2O4S2/c1-3-35-24-17-15-23(16-18-24)31(37(33,34)26-19-13-22(2)14-20-26)21-29(32)30-27-11-7-8-12-28(27)36-25-9-5-4-6-10-25/h4-20H,3,21H2,1-2H3,(H,30,32). The quantitative estimate of drug-likeness (QED) is 0.257. The lowest BCUT2D eigenvalue weighted by Gasteiger charge is -2.24. The Morgan fingerprint density at radius 3 is 2.19 bits per heavy atom. The summed E-state index contributed by atoms with van der Waals surface area (Å²) in [5, 5.41) is 2.90. The molecular formula is C29H28N2O4S2. The van der Waals surface area contributed by atoms with E-state index >= 15 is 0 Å². The number of nitrogens with one attached hydrogen (secondary N) is 1. The molecule has 0 atom stereocenters. The zero-order valence-corrected chi connectivity index (χ0v) is 22.3. The van der Waals surface area contributed by atoms with Gasteiger partial charge < -0.3 is 10.1 Å². The molecule has 0 bridgehead atoms. The number of anilines is 2. The van der Waals surface area contributed by atoms with Crippen LogP contribution < -0.4 is 14.4 Å². The molecule has 0 unspecified atom stereocenters. The first-order chi connectivity index (χ1) is 17.9. The Labute approximate surface area is 222 Å². The third-order valence-corrected chi connectivity index (χ3v) is 8.34. The smallest absolute Gasteiger partial charge is 0.264 e. The summed E-state index contributed by atoms with van der Waals surface area (Å²) in [6.07, 6.45) is 0. The molecule has 0 radical (unpaired) electrons. The predicted molar refractivity (Wildman–Crippen MR) is 149 cm³/mol. The molecule has 0 spiro atoms. The molecule has 0 aromatic heterocycles. The number of sulfonamides is 1. The van der Waals surface area contributed by atoms with Crippen LogP contribution in [-0.2, 0) is 14.8 Å². The van der Waals surface area contributed by atoms with Crippen LogP contribution in [0.15, 0.2) is 118 Å². The van der Waals surface area contributed by atoms with Gasteiger partial charge in [-0.3, -0.25) is 9.10 Å². The van der Waals surface area contributed by atoms with Gasteiger partial charge in [-0.15, -0.1) is 0 Å². The second-order valence-electron chi connectivity index (χ2n) is 8.21. The Kier molecular flexibility index (Phi) is 8.53. The number of amides is 1. The molecule has 190 valence electrons. The van der Waals surface area contributed by atoms with Gasteiger partial charge in [-0.2, -0.15) is 0 Å². The molecule has 4 aromatic rings. The zero-order chi connectivity index (χ0) is 26.3. The molecule has 0 saturated carbocycles. The Balaban J connectivity index is 1.61. The van der Waals surface area contributed by atoms with Gasteiger partial charge in [0, 0.05) is 9.79 Å². The number of rotatable bonds is 10. The molecule has 0 aliphatic rings. The van der Waals surface area contributed by atoms with Crippen molar-refractivity contribution >= 4 is 39.1 Å². The second kappa shape index (κ2) is 12.0. The summed E-state index contributed by atoms with van der Waals surface area (Å²) in [4.78, 5) is 15.2. The third kappa shape index (κ3) is 6.72. The number of benzene rings is 4. The maximum Gasteiger partial charge on any atom is 0.264 e. The monoisotopic (exact) mass is 532 g/mol. The van der Waals surface area contributed by atoms with Gasteiger partial charge in [-0.25, -0.2) is 8.42 Å². The van der Waals surface area contributed by atoms with E-state index in [-0.39, 0.29) is 4.90 Å². The third-order valence-electron chi connectivity index (χ3n) is 5.46. The van der Waals surface area contributed by atoms with Crippen LogP contribution >= 0.6 is 11.8 Å². The Morgan fingerprint density at radius 2 is 1.51 bits per heavy atom. The van der Waals surface area contributed by atoms with E-state index in [4.69, 9.17) is 4.74 Å². The summed E-state index contributed by atoms with van der Waals surface area (Å²) in [6, 6.07) is 30.5. The molecule has 1 N–H and O–H groups in total. The van der Waals surface area contributed by atoms with E-state index in [1.807, 2.05) is 62.4 Å². The van der Waals surface area contributed by atoms with Gasteiger partial charge >= 0.3 is 0 Å². The lowest BCUT2D eigenvalue weighted by atomic mass is 10.2. The maximum absolute atomic E-state index is 13.7. The van der Waals surface area contributed by atoms with Crippen LogP contribution in [0.25, 0.3) is 0 Å². The molecule has 4 rings (SSSR count). The topological polar surface area (TPSA) is 75.7 Å². The molecule has 1 amide bonds. The van der Waals surface area contributed by atoms with Crippen LogP contribution in [0.5, 0.6) is 5.75 Å². The summed E-state index contributed by atoms with van der Waals surface area (Å²) >= 11 is 1.52. The summed E-state index contributed by atoms with van der Waals surface area (Å²) in [5.74, 6) is 0.168. The van der Waals surface area contributed by atoms with E-state index in [1.165, 1.54) is 11.8 Å². The first kappa shape index (κ1) is 26.3. The van der Waals surface area contributed by atoms with Crippen LogP contribution in [0.2, 0.25) is 0 Å². The van der Waals surface area contributed by atoms with Crippen molar-refractivity contribution in [2.45, 2.75) is 28.5 Å². The SMILES string of the molecule is CCOc1ccc(N(CC(=O)Nc2ccccc2Sc2ccccc2)S(=O)(=O)c2ccc(C)cc2)cc1. The van der Waals surface area contributed by atoms with Gasteiger partial charge in [0.15, 0.2) is 0 Å². The van der Waals surface area contributed by atoms with E-state index < -0.39 is 22.5 Å². The molecule has 0 saturated heterocycles. The van der Waals surface area contributed by atoms with E-state index in [9.17, 15) is 13.2 Å². The normalized spacial score (nSPS) is 11.1. The van der Waals surface area contributed by atoms with Crippen molar-refractivity contribution in [2.75, 3.05) is 22.8 Å². The molecule has 0 aliphatic heterocycles. The lowest BCUT2D eigenvalue weighted by Crippen LogP contribution is -2.38. The molecule has 8 heteroatoms. The minimum atomic E-state index is -4.02. The molecule has 0 fully saturated rings. The van der Waals surface area contributed by atoms with Crippen LogP contribution in [0.4, 0.5) is 11.4 Å². The Morgan fingerprint density at radius 1 is 0.865 bits per heavy atom. The number of ether oxygens (including phenoxy) is 1. The van der Waals surface area contributed by atoms with Crippen molar-refractivity contribution in [3.63, 3.8) is 0 Å². The molecule has 4 aromatic carbocycles. The van der Waals surface area contributed by atoms with E-state index in [0.717, 1.165) is 19.7 Å². The van der Waals surface area contributed by atoms with Crippen molar-refractivity contribution in [3.05, 3.63) is 109 Å². The fourth-order valence-corrected chi connectivity index (χ4v) is 5.97. The van der Waals surface area contributed by atoms with E-state index in [2.05, 4.69) is 5.32 Å². The van der Waals surface area contributed by atoms with Crippen LogP contribution in [0.3, 0.4) is 0 Å². The average Bonchev–Trinajstić information content (AvgIpc) is 2.90. The summed E-state index contributed by atoms with van der Waals surface area (Å²) in [7, 11) is -4.02. The second-order valence-corrected chi connectivity index (χ2v) is 11.2. The Bertz CT molecular complexity index is 1440. The molecule has 37 heavy (non-hydrogen) atoms. The highest BCUT2D eigenvalue weighted by molar-refractivity contribution is 7.99. The van der Waals surface area contributed by atoms with Crippen molar-refractivity contribution in [3.8, 4) is 5.75 Å². The number of nitrogens with zero attached hydrogens (tertiary/aromatic N) is 1. The van der Waals surface area contributed by atoms with Gasteiger partial charge in [0.1, 0.15) is 12.3 Å². The molecule has 0 aliphatic carbocycles. The highest BCUT2D eigenvalue weighted by atomic mass is 32.2. The van der Waals surface area contributed by atoms with Crippen LogP contribution in [0.1, 0.15) is 12.5 Å². The number of hydrogen-bond donors (Lipinski definition) is 1. The predicted octanol–water partition coefficient (Wildman–Crippen LogP) is 6.38. The van der Waals surface area contributed by atoms with Gasteiger partial charge in [0.2, 0.25) is 5.91 Å². The van der Waals surface area contributed by atoms with Gasteiger partial charge in [-0.1, -0.05) is 59.8 Å². The summed E-state index contributed by atoms with van der Waals surface area (Å²) in [5.41, 5.74) is 1.92. The van der Waals surface area contributed by atoms with Crippen molar-refractivity contribution in [2.24, 2.45) is 0 Å². The van der Waals surface area contributed by atoms with E-state index in [0.29, 0.717) is 23.7 Å². The number of aryl methyl sites for hydroxylation is 1. The highest BCUT2D eigenvalue weighted by Crippen LogP contribution is 2.33. The first-order valence-electron chi connectivity index (χ1n) is 11.8. The largest absolute Gasteiger partial charge is 0.494 e. The molecule has 6 nitrogen and oxygen atoms in total. The van der Waals surface area contributed by atoms with Crippen molar-refractivity contribution < 1.29 is 17.9 Å². The number of carbonyl (C=O) groups is 1. The lowest BCUT2D eigenvalue weighted by molar-refractivity contribution is -0.114. The zero-order valence-electron chi connectivity index (χ0n) is 20.6.